The quantitative estimate of drug-likeness (QED) is 0.291. The highest BCUT2D eigenvalue weighted by Gasteiger charge is 2.59. The zero-order chi connectivity index (χ0) is 21.8. The Bertz CT molecular complexity index is 887. The molecule has 1 aromatic rings. The molecule has 0 N–H and O–H groups in total. The molecule has 0 atom stereocenters. The van der Waals surface area contributed by atoms with Crippen molar-refractivity contribution in [3.63, 3.8) is 0 Å². The van der Waals surface area contributed by atoms with Crippen molar-refractivity contribution in [2.75, 3.05) is 13.2 Å². The smallest absolute Gasteiger partial charge is 0.344 e. The Balaban J connectivity index is 2.69. The fourth-order valence-electron chi connectivity index (χ4n) is 2.99. The van der Waals surface area contributed by atoms with Crippen LogP contribution in [0, 0.1) is 10.1 Å². The van der Waals surface area contributed by atoms with E-state index in [2.05, 4.69) is 0 Å². The van der Waals surface area contributed by atoms with Gasteiger partial charge in [0.2, 0.25) is 5.54 Å². The fourth-order valence-corrected chi connectivity index (χ4v) is 2.99. The first-order valence-electron chi connectivity index (χ1n) is 8.83. The van der Waals surface area contributed by atoms with E-state index in [0.717, 1.165) is 12.3 Å². The molecule has 1 aliphatic heterocycles. The van der Waals surface area contributed by atoms with E-state index >= 15 is 0 Å². The minimum Gasteiger partial charge on any atom is -0.464 e. The van der Waals surface area contributed by atoms with Crippen LogP contribution in [0.15, 0.2) is 36.0 Å². The highest BCUT2D eigenvalue weighted by molar-refractivity contribution is 6.14. The maximum Gasteiger partial charge on any atom is 0.344 e. The molecule has 2 rings (SSSR count). The van der Waals surface area contributed by atoms with E-state index in [4.69, 9.17) is 9.47 Å². The summed E-state index contributed by atoms with van der Waals surface area (Å²) >= 11 is 0. The van der Waals surface area contributed by atoms with Gasteiger partial charge in [-0.15, -0.1) is 0 Å². The molecule has 1 heterocycles. The third-order valence-electron chi connectivity index (χ3n) is 4.37. The molecule has 29 heavy (non-hydrogen) atoms. The number of hydrogen-bond donors (Lipinski definition) is 0. The zero-order valence-electron chi connectivity index (χ0n) is 16.2. The minimum absolute atomic E-state index is 0.0121. The van der Waals surface area contributed by atoms with Gasteiger partial charge in [0.1, 0.15) is 5.56 Å². The van der Waals surface area contributed by atoms with Crippen molar-refractivity contribution in [3.05, 3.63) is 51.7 Å². The highest BCUT2D eigenvalue weighted by atomic mass is 16.6. The van der Waals surface area contributed by atoms with Crippen LogP contribution in [0.5, 0.6) is 0 Å². The molecule has 1 amide bonds. The number of nitro groups is 1. The third-order valence-corrected chi connectivity index (χ3v) is 4.37. The highest BCUT2D eigenvalue weighted by Crippen LogP contribution is 2.37. The molecule has 154 valence electrons. The van der Waals surface area contributed by atoms with Gasteiger partial charge in [0, 0.05) is 24.3 Å². The number of esters is 2. The summed E-state index contributed by atoms with van der Waals surface area (Å²) in [6.45, 7) is 4.05. The summed E-state index contributed by atoms with van der Waals surface area (Å²) in [7, 11) is 0. The summed E-state index contributed by atoms with van der Waals surface area (Å²) in [6, 6.07) is 5.10. The second-order valence-electron chi connectivity index (χ2n) is 6.14. The summed E-state index contributed by atoms with van der Waals surface area (Å²) in [5.74, 6) is -3.65. The molecule has 0 unspecified atom stereocenters. The van der Waals surface area contributed by atoms with Gasteiger partial charge in [0.15, 0.2) is 5.78 Å². The van der Waals surface area contributed by atoms with E-state index in [1.807, 2.05) is 0 Å². The van der Waals surface area contributed by atoms with Gasteiger partial charge in [-0.2, -0.15) is 0 Å². The maximum atomic E-state index is 13.2. The Kier molecular flexibility index (Phi) is 6.47. The Morgan fingerprint density at radius 1 is 1.10 bits per heavy atom. The SMILES string of the molecule is CCOC(=O)C1(C(=O)OCC)CC(C(C)=O)=CN1C(=O)c1ccccc1[N+](=O)[O-]. The number of carbonyl (C=O) groups excluding carboxylic acids is 4. The zero-order valence-corrected chi connectivity index (χ0v) is 16.2. The number of nitrogens with zero attached hydrogens (tertiary/aromatic N) is 2. The lowest BCUT2D eigenvalue weighted by molar-refractivity contribution is -0.385. The van der Waals surface area contributed by atoms with E-state index < -0.39 is 46.2 Å². The van der Waals surface area contributed by atoms with Gasteiger partial charge >= 0.3 is 11.9 Å². The normalized spacial score (nSPS) is 14.7. The van der Waals surface area contributed by atoms with Crippen LogP contribution in [-0.4, -0.2) is 52.2 Å². The Hall–Kier alpha value is -3.56. The van der Waals surface area contributed by atoms with Gasteiger partial charge in [-0.3, -0.25) is 24.6 Å². The summed E-state index contributed by atoms with van der Waals surface area (Å²) in [5.41, 5.74) is -3.13. The van der Waals surface area contributed by atoms with Crippen LogP contribution >= 0.6 is 0 Å². The second kappa shape index (κ2) is 8.63. The number of carbonyl (C=O) groups is 4. The number of amides is 1. The Morgan fingerprint density at radius 3 is 2.14 bits per heavy atom. The van der Waals surface area contributed by atoms with Crippen molar-refractivity contribution in [3.8, 4) is 0 Å². The minimum atomic E-state index is -2.28. The van der Waals surface area contributed by atoms with Gasteiger partial charge in [-0.1, -0.05) is 12.1 Å². The van der Waals surface area contributed by atoms with Crippen LogP contribution in [0.1, 0.15) is 37.6 Å². The maximum absolute atomic E-state index is 13.2. The first-order valence-corrected chi connectivity index (χ1v) is 8.83. The van der Waals surface area contributed by atoms with E-state index in [1.165, 1.54) is 39.0 Å². The summed E-state index contributed by atoms with van der Waals surface area (Å²) in [5, 5.41) is 11.3. The summed E-state index contributed by atoms with van der Waals surface area (Å²) in [4.78, 5) is 62.1. The molecule has 0 saturated carbocycles. The molecule has 0 radical (unpaired) electrons. The summed E-state index contributed by atoms with van der Waals surface area (Å²) < 4.78 is 10.0. The molecule has 1 aliphatic rings. The average molecular weight is 404 g/mol. The van der Waals surface area contributed by atoms with Crippen LogP contribution in [0.4, 0.5) is 5.69 Å². The van der Waals surface area contributed by atoms with Gasteiger partial charge in [-0.25, -0.2) is 9.59 Å². The molecular formula is C19H20N2O8. The van der Waals surface area contributed by atoms with E-state index in [1.54, 1.807) is 0 Å². The lowest BCUT2D eigenvalue weighted by Gasteiger charge is -2.33. The predicted molar refractivity (Wildman–Crippen MR) is 98.6 cm³/mol. The number of benzene rings is 1. The molecule has 10 heteroatoms. The molecular weight excluding hydrogens is 384 g/mol. The van der Waals surface area contributed by atoms with Crippen LogP contribution in [0.25, 0.3) is 0 Å². The number of rotatable bonds is 7. The van der Waals surface area contributed by atoms with Crippen molar-refractivity contribution in [2.45, 2.75) is 32.7 Å². The monoisotopic (exact) mass is 404 g/mol. The van der Waals surface area contributed by atoms with Crippen LogP contribution in [0.2, 0.25) is 0 Å². The van der Waals surface area contributed by atoms with Crippen LogP contribution in [0.3, 0.4) is 0 Å². The van der Waals surface area contributed by atoms with Crippen LogP contribution < -0.4 is 0 Å². The molecule has 0 spiro atoms. The van der Waals surface area contributed by atoms with Crippen molar-refractivity contribution in [1.29, 1.82) is 0 Å². The number of para-hydroxylation sites is 1. The van der Waals surface area contributed by atoms with E-state index in [0.29, 0.717) is 4.90 Å². The lowest BCUT2D eigenvalue weighted by atomic mass is 9.91. The molecule has 0 aliphatic carbocycles. The fraction of sp³-hybridized carbons (Fsp3) is 0.368. The van der Waals surface area contributed by atoms with Gasteiger partial charge < -0.3 is 9.47 Å². The standard InChI is InChI=1S/C19H20N2O8/c1-4-28-17(24)19(18(25)29-5-2)10-13(12(3)22)11-20(19)16(23)14-8-6-7-9-15(14)21(26)27/h6-9,11H,4-5,10H2,1-3H3. The molecule has 0 saturated heterocycles. The first-order chi connectivity index (χ1) is 13.7. The van der Waals surface area contributed by atoms with Crippen molar-refractivity contribution in [1.82, 2.24) is 4.90 Å². The lowest BCUT2D eigenvalue weighted by Crippen LogP contribution is -2.59. The average Bonchev–Trinajstić information content (AvgIpc) is 3.10. The van der Waals surface area contributed by atoms with Crippen molar-refractivity contribution in [2.24, 2.45) is 0 Å². The molecule has 10 nitrogen and oxygen atoms in total. The first kappa shape index (κ1) is 21.7. The topological polar surface area (TPSA) is 133 Å². The Morgan fingerprint density at radius 2 is 1.66 bits per heavy atom. The molecule has 1 aromatic carbocycles. The van der Waals surface area contributed by atoms with Gasteiger partial charge in [0.05, 0.1) is 18.1 Å². The van der Waals surface area contributed by atoms with Crippen molar-refractivity contribution < 1.29 is 33.6 Å². The molecule has 0 bridgehead atoms. The number of hydrogen-bond acceptors (Lipinski definition) is 8. The third kappa shape index (κ3) is 3.86. The van der Waals surface area contributed by atoms with Gasteiger partial charge in [-0.05, 0) is 26.8 Å². The van der Waals surface area contributed by atoms with E-state index in [9.17, 15) is 29.3 Å². The largest absolute Gasteiger partial charge is 0.464 e. The molecule has 0 aromatic heterocycles. The van der Waals surface area contributed by atoms with Gasteiger partial charge in [0.25, 0.3) is 11.6 Å². The Labute approximate surface area is 166 Å². The van der Waals surface area contributed by atoms with E-state index in [-0.39, 0.29) is 24.4 Å². The number of ketones is 1. The number of nitro benzene ring substituents is 1. The van der Waals surface area contributed by atoms with Crippen molar-refractivity contribution >= 4 is 29.3 Å². The second-order valence-corrected chi connectivity index (χ2v) is 6.14. The van der Waals surface area contributed by atoms with Crippen LogP contribution in [-0.2, 0) is 23.9 Å². The summed E-state index contributed by atoms with van der Waals surface area (Å²) in [6.07, 6.45) is 0.599. The molecule has 0 fully saturated rings. The predicted octanol–water partition coefficient (Wildman–Crippen LogP) is 1.78. The number of ether oxygens (including phenoxy) is 2. The number of Topliss-reactive ketones (excluding diaryl/α,β-unsaturated/α-hetero) is 1.